The predicted molar refractivity (Wildman–Crippen MR) is 82.1 cm³/mol. The number of anilines is 1. The summed E-state index contributed by atoms with van der Waals surface area (Å²) >= 11 is 6.13. The normalized spacial score (nSPS) is 17.1. The van der Waals surface area contributed by atoms with Crippen LogP contribution >= 0.6 is 11.6 Å². The van der Waals surface area contributed by atoms with E-state index in [-0.39, 0.29) is 16.6 Å². The van der Waals surface area contributed by atoms with E-state index in [9.17, 15) is 4.79 Å². The summed E-state index contributed by atoms with van der Waals surface area (Å²) in [7, 11) is 0. The van der Waals surface area contributed by atoms with Gasteiger partial charge in [-0.1, -0.05) is 30.5 Å². The van der Waals surface area contributed by atoms with E-state index in [2.05, 4.69) is 17.0 Å². The van der Waals surface area contributed by atoms with Crippen molar-refractivity contribution in [2.24, 2.45) is 11.7 Å². The molecular formula is C14H21ClN4O. The van der Waals surface area contributed by atoms with Gasteiger partial charge in [-0.15, -0.1) is 6.58 Å². The van der Waals surface area contributed by atoms with Crippen molar-refractivity contribution in [3.63, 3.8) is 0 Å². The van der Waals surface area contributed by atoms with Crippen LogP contribution in [0.2, 0.25) is 5.02 Å². The van der Waals surface area contributed by atoms with Crippen LogP contribution in [-0.4, -0.2) is 22.4 Å². The van der Waals surface area contributed by atoms with Crippen LogP contribution in [0.1, 0.15) is 25.7 Å². The molecule has 1 aromatic heterocycles. The van der Waals surface area contributed by atoms with Crippen LogP contribution in [0.25, 0.3) is 0 Å². The molecule has 0 radical (unpaired) electrons. The number of allylic oxidation sites excluding steroid dienone is 1. The summed E-state index contributed by atoms with van der Waals surface area (Å²) in [5.74, 6) is 0.548. The molecule has 110 valence electrons. The van der Waals surface area contributed by atoms with E-state index in [1.54, 1.807) is 12.3 Å². The molecule has 1 aliphatic rings. The maximum Gasteiger partial charge on any atom is 0.287 e. The van der Waals surface area contributed by atoms with Crippen molar-refractivity contribution < 1.29 is 0 Å². The first-order chi connectivity index (χ1) is 9.67. The van der Waals surface area contributed by atoms with Crippen LogP contribution in [0.4, 0.5) is 5.69 Å². The van der Waals surface area contributed by atoms with E-state index in [0.29, 0.717) is 24.7 Å². The zero-order chi connectivity index (χ0) is 14.5. The van der Waals surface area contributed by atoms with E-state index in [1.807, 2.05) is 0 Å². The first kappa shape index (κ1) is 15.1. The average molecular weight is 297 g/mol. The number of hydrogen-bond donors (Lipinski definition) is 2. The van der Waals surface area contributed by atoms with Crippen LogP contribution in [-0.2, 0) is 6.54 Å². The molecule has 0 amide bonds. The molecule has 1 aliphatic carbocycles. The fraction of sp³-hybridized carbons (Fsp3) is 0.571. The van der Waals surface area contributed by atoms with Gasteiger partial charge in [-0.05, 0) is 18.8 Å². The van der Waals surface area contributed by atoms with Gasteiger partial charge in [-0.3, -0.25) is 4.79 Å². The average Bonchev–Trinajstić information content (AvgIpc) is 2.97. The topological polar surface area (TPSA) is 72.9 Å². The monoisotopic (exact) mass is 296 g/mol. The third-order valence-corrected chi connectivity index (χ3v) is 4.22. The van der Waals surface area contributed by atoms with Crippen LogP contribution in [0.15, 0.2) is 23.6 Å². The second-order valence-corrected chi connectivity index (χ2v) is 5.56. The molecule has 0 spiro atoms. The summed E-state index contributed by atoms with van der Waals surface area (Å²) in [6.45, 7) is 4.46. The van der Waals surface area contributed by atoms with Gasteiger partial charge in [0, 0.05) is 12.6 Å². The fourth-order valence-corrected chi connectivity index (χ4v) is 2.95. The van der Waals surface area contributed by atoms with Crippen LogP contribution in [0.3, 0.4) is 0 Å². The maximum absolute atomic E-state index is 12.0. The van der Waals surface area contributed by atoms with Crippen LogP contribution in [0.5, 0.6) is 0 Å². The van der Waals surface area contributed by atoms with E-state index < -0.39 is 0 Å². The Morgan fingerprint density at radius 1 is 1.60 bits per heavy atom. The van der Waals surface area contributed by atoms with Crippen molar-refractivity contribution in [1.29, 1.82) is 0 Å². The lowest BCUT2D eigenvalue weighted by Gasteiger charge is -2.24. The van der Waals surface area contributed by atoms with Gasteiger partial charge in [0.15, 0.2) is 0 Å². The van der Waals surface area contributed by atoms with Crippen LogP contribution < -0.4 is 16.6 Å². The number of nitrogens with zero attached hydrogens (tertiary/aromatic N) is 2. The molecular weight excluding hydrogens is 276 g/mol. The highest BCUT2D eigenvalue weighted by Crippen LogP contribution is 2.29. The van der Waals surface area contributed by atoms with Gasteiger partial charge in [0.1, 0.15) is 5.02 Å². The quantitative estimate of drug-likeness (QED) is 0.788. The summed E-state index contributed by atoms with van der Waals surface area (Å²) in [5, 5.41) is 7.54. The molecule has 1 unspecified atom stereocenters. The maximum atomic E-state index is 12.0. The Kier molecular flexibility index (Phi) is 5.20. The molecule has 1 saturated carbocycles. The molecule has 0 saturated heterocycles. The molecule has 5 nitrogen and oxygen atoms in total. The highest BCUT2D eigenvalue weighted by Gasteiger charge is 2.24. The van der Waals surface area contributed by atoms with Crippen molar-refractivity contribution in [3.8, 4) is 0 Å². The number of rotatable bonds is 6. The Balaban J connectivity index is 2.17. The molecule has 1 aromatic rings. The van der Waals surface area contributed by atoms with Crippen molar-refractivity contribution in [3.05, 3.63) is 34.2 Å². The Bertz CT molecular complexity index is 522. The molecule has 0 aliphatic heterocycles. The Labute approximate surface area is 123 Å². The van der Waals surface area contributed by atoms with E-state index in [0.717, 1.165) is 0 Å². The van der Waals surface area contributed by atoms with Crippen molar-refractivity contribution >= 4 is 17.3 Å². The zero-order valence-electron chi connectivity index (χ0n) is 11.5. The lowest BCUT2D eigenvalue weighted by Crippen LogP contribution is -2.36. The molecule has 20 heavy (non-hydrogen) atoms. The molecule has 0 bridgehead atoms. The minimum atomic E-state index is -0.307. The first-order valence-corrected chi connectivity index (χ1v) is 7.38. The van der Waals surface area contributed by atoms with Gasteiger partial charge in [0.25, 0.3) is 5.56 Å². The Morgan fingerprint density at radius 3 is 2.90 bits per heavy atom. The number of hydrogen-bond acceptors (Lipinski definition) is 4. The first-order valence-electron chi connectivity index (χ1n) is 7.00. The number of halogens is 1. The van der Waals surface area contributed by atoms with Crippen molar-refractivity contribution in [2.75, 3.05) is 11.9 Å². The summed E-state index contributed by atoms with van der Waals surface area (Å²) < 4.78 is 1.29. The molecule has 2 rings (SSSR count). The van der Waals surface area contributed by atoms with E-state index in [4.69, 9.17) is 17.3 Å². The lowest BCUT2D eigenvalue weighted by atomic mass is 9.98. The van der Waals surface area contributed by atoms with Crippen LogP contribution in [0, 0.1) is 5.92 Å². The second-order valence-electron chi connectivity index (χ2n) is 5.18. The minimum absolute atomic E-state index is 0.145. The van der Waals surface area contributed by atoms with Gasteiger partial charge in [0.2, 0.25) is 0 Å². The summed E-state index contributed by atoms with van der Waals surface area (Å²) in [6.07, 6.45) is 8.04. The number of nitrogens with two attached hydrogens (primary N) is 1. The van der Waals surface area contributed by atoms with Crippen molar-refractivity contribution in [2.45, 2.75) is 38.3 Å². The zero-order valence-corrected chi connectivity index (χ0v) is 12.3. The van der Waals surface area contributed by atoms with E-state index in [1.165, 1.54) is 30.4 Å². The minimum Gasteiger partial charge on any atom is -0.378 e. The number of aromatic nitrogens is 2. The van der Waals surface area contributed by atoms with Crippen molar-refractivity contribution in [1.82, 2.24) is 9.78 Å². The highest BCUT2D eigenvalue weighted by atomic mass is 35.5. The highest BCUT2D eigenvalue weighted by molar-refractivity contribution is 6.32. The molecule has 1 atom stereocenters. The fourth-order valence-electron chi connectivity index (χ4n) is 2.75. The second kappa shape index (κ2) is 6.90. The standard InChI is InChI=1S/C14H21ClN4O/c1-2-7-19-14(20)13(15)12(9-17-19)18-11(8-16)10-5-3-4-6-10/h2,9-11,18H,1,3-8,16H2. The third-order valence-electron chi connectivity index (χ3n) is 3.85. The molecule has 3 N–H and O–H groups in total. The van der Waals surface area contributed by atoms with Gasteiger partial charge < -0.3 is 11.1 Å². The van der Waals surface area contributed by atoms with Gasteiger partial charge in [0.05, 0.1) is 18.4 Å². The number of nitrogens with one attached hydrogen (secondary N) is 1. The SMILES string of the molecule is C=CCn1ncc(NC(CN)C2CCCC2)c(Cl)c1=O. The lowest BCUT2D eigenvalue weighted by molar-refractivity contribution is 0.462. The molecule has 0 aromatic carbocycles. The summed E-state index contributed by atoms with van der Waals surface area (Å²) in [6, 6.07) is 0.145. The van der Waals surface area contributed by atoms with Gasteiger partial charge in [-0.25, -0.2) is 4.68 Å². The summed E-state index contributed by atoms with van der Waals surface area (Å²) in [5.41, 5.74) is 6.11. The third kappa shape index (κ3) is 3.22. The Morgan fingerprint density at radius 2 is 2.30 bits per heavy atom. The van der Waals surface area contributed by atoms with Gasteiger partial charge >= 0.3 is 0 Å². The molecule has 6 heteroatoms. The smallest absolute Gasteiger partial charge is 0.287 e. The molecule has 1 heterocycles. The molecule has 1 fully saturated rings. The summed E-state index contributed by atoms with van der Waals surface area (Å²) in [4.78, 5) is 12.0. The largest absolute Gasteiger partial charge is 0.378 e. The van der Waals surface area contributed by atoms with Gasteiger partial charge in [-0.2, -0.15) is 5.10 Å². The Hall–Kier alpha value is -1.33. The predicted octanol–water partition coefficient (Wildman–Crippen LogP) is 2.01. The van der Waals surface area contributed by atoms with E-state index >= 15 is 0 Å².